The van der Waals surface area contributed by atoms with Crippen molar-refractivity contribution in [3.05, 3.63) is 111 Å². The van der Waals surface area contributed by atoms with Gasteiger partial charge in [-0.05, 0) is 60.4 Å². The van der Waals surface area contributed by atoms with Gasteiger partial charge in [0, 0.05) is 15.6 Å². The second-order valence-corrected chi connectivity index (χ2v) is 10.8. The van der Waals surface area contributed by atoms with Gasteiger partial charge in [0.2, 0.25) is 10.0 Å². The fourth-order valence-electron chi connectivity index (χ4n) is 4.38. The standard InChI is InChI=1S/C26H24Cl2N2O4S/c1-17-6-3-4-9-24(17)35(32,33)30-23(18-10-12-20(27)13-11-18)15-14-22(26(31)29-34-2)25(30)19-7-5-8-21(28)16-19/h3-14,16,23,25H,15H2,1-2H3,(H,29,31)/t23-,25-/m0/s1. The molecule has 0 radical (unpaired) electrons. The summed E-state index contributed by atoms with van der Waals surface area (Å²) in [6.45, 7) is 1.75. The van der Waals surface area contributed by atoms with Gasteiger partial charge >= 0.3 is 0 Å². The fraction of sp³-hybridized carbons (Fsp3) is 0.192. The van der Waals surface area contributed by atoms with Gasteiger partial charge in [-0.15, -0.1) is 0 Å². The molecule has 0 saturated carbocycles. The molecule has 0 spiro atoms. The Bertz CT molecular complexity index is 1370. The number of carbonyl (C=O) groups is 1. The molecule has 0 fully saturated rings. The van der Waals surface area contributed by atoms with Gasteiger partial charge in [0.05, 0.1) is 24.1 Å². The molecule has 1 amide bonds. The fourth-order valence-corrected chi connectivity index (χ4v) is 6.71. The lowest BCUT2D eigenvalue weighted by atomic mass is 9.89. The molecule has 1 heterocycles. The van der Waals surface area contributed by atoms with Crippen molar-refractivity contribution in [1.82, 2.24) is 9.79 Å². The monoisotopic (exact) mass is 530 g/mol. The minimum Gasteiger partial charge on any atom is -0.277 e. The van der Waals surface area contributed by atoms with Crippen LogP contribution < -0.4 is 5.48 Å². The molecule has 4 rings (SSSR count). The number of hydrogen-bond donors (Lipinski definition) is 1. The van der Waals surface area contributed by atoms with Crippen molar-refractivity contribution in [2.75, 3.05) is 7.11 Å². The predicted molar refractivity (Wildman–Crippen MR) is 136 cm³/mol. The number of hydrogen-bond acceptors (Lipinski definition) is 4. The van der Waals surface area contributed by atoms with Crippen LogP contribution in [-0.2, 0) is 19.7 Å². The predicted octanol–water partition coefficient (Wildman–Crippen LogP) is 5.78. The largest absolute Gasteiger partial charge is 0.277 e. The number of sulfonamides is 1. The first-order valence-electron chi connectivity index (χ1n) is 10.9. The summed E-state index contributed by atoms with van der Waals surface area (Å²) < 4.78 is 30.1. The summed E-state index contributed by atoms with van der Waals surface area (Å²) in [5.41, 5.74) is 4.50. The minimum absolute atomic E-state index is 0.166. The number of nitrogens with one attached hydrogen (secondary N) is 1. The Kier molecular flexibility index (Phi) is 7.64. The van der Waals surface area contributed by atoms with E-state index in [4.69, 9.17) is 28.0 Å². The first kappa shape index (κ1) is 25.4. The first-order valence-corrected chi connectivity index (χ1v) is 13.1. The van der Waals surface area contributed by atoms with Crippen LogP contribution in [0.4, 0.5) is 0 Å². The Balaban J connectivity index is 1.99. The van der Waals surface area contributed by atoms with E-state index < -0.39 is 28.0 Å². The average molecular weight is 531 g/mol. The lowest BCUT2D eigenvalue weighted by molar-refractivity contribution is -0.128. The third-order valence-corrected chi connectivity index (χ3v) is 8.46. The van der Waals surface area contributed by atoms with E-state index in [-0.39, 0.29) is 16.9 Å². The van der Waals surface area contributed by atoms with Gasteiger partial charge in [0.1, 0.15) is 0 Å². The zero-order valence-electron chi connectivity index (χ0n) is 19.1. The van der Waals surface area contributed by atoms with Gasteiger partial charge < -0.3 is 0 Å². The molecule has 0 saturated heterocycles. The molecule has 1 aliphatic heterocycles. The molecule has 3 aromatic rings. The van der Waals surface area contributed by atoms with Crippen molar-refractivity contribution < 1.29 is 18.0 Å². The van der Waals surface area contributed by atoms with Crippen molar-refractivity contribution in [3.63, 3.8) is 0 Å². The molecule has 0 aliphatic carbocycles. The molecule has 1 aliphatic rings. The number of rotatable bonds is 6. The summed E-state index contributed by atoms with van der Waals surface area (Å²) in [7, 11) is -2.77. The second-order valence-electron chi connectivity index (χ2n) is 8.16. The number of halogens is 2. The van der Waals surface area contributed by atoms with Gasteiger partial charge in [0.25, 0.3) is 5.91 Å². The van der Waals surface area contributed by atoms with Crippen molar-refractivity contribution in [2.45, 2.75) is 30.3 Å². The maximum atomic E-state index is 14.3. The molecule has 3 aromatic carbocycles. The molecular formula is C26H24Cl2N2O4S. The number of amides is 1. The molecule has 0 unspecified atom stereocenters. The van der Waals surface area contributed by atoms with Crippen LogP contribution in [0.5, 0.6) is 0 Å². The molecule has 1 N–H and O–H groups in total. The third-order valence-electron chi connectivity index (χ3n) is 5.94. The summed E-state index contributed by atoms with van der Waals surface area (Å²) in [6, 6.07) is 19.1. The highest BCUT2D eigenvalue weighted by Gasteiger charge is 2.45. The van der Waals surface area contributed by atoms with Gasteiger partial charge in [-0.25, -0.2) is 13.9 Å². The summed E-state index contributed by atoms with van der Waals surface area (Å²) in [5.74, 6) is -0.531. The molecular weight excluding hydrogens is 507 g/mol. The van der Waals surface area contributed by atoms with E-state index in [0.29, 0.717) is 21.2 Å². The van der Waals surface area contributed by atoms with Crippen LogP contribution in [-0.4, -0.2) is 25.7 Å². The zero-order valence-corrected chi connectivity index (χ0v) is 21.4. The summed E-state index contributed by atoms with van der Waals surface area (Å²) >= 11 is 12.4. The van der Waals surface area contributed by atoms with Crippen LogP contribution >= 0.6 is 23.2 Å². The number of nitrogens with zero attached hydrogens (tertiary/aromatic N) is 1. The summed E-state index contributed by atoms with van der Waals surface area (Å²) in [5, 5.41) is 0.968. The summed E-state index contributed by atoms with van der Waals surface area (Å²) in [6.07, 6.45) is 2.03. The van der Waals surface area contributed by atoms with Gasteiger partial charge in [0.15, 0.2) is 0 Å². The van der Waals surface area contributed by atoms with Gasteiger partial charge in [-0.2, -0.15) is 4.31 Å². The Morgan fingerprint density at radius 1 is 0.971 bits per heavy atom. The highest BCUT2D eigenvalue weighted by molar-refractivity contribution is 7.89. The normalized spacial score (nSPS) is 18.7. The Labute approximate surface area is 215 Å². The van der Waals surface area contributed by atoms with E-state index in [0.717, 1.165) is 5.56 Å². The molecule has 9 heteroatoms. The van der Waals surface area contributed by atoms with E-state index in [9.17, 15) is 13.2 Å². The quantitative estimate of drug-likeness (QED) is 0.409. The van der Waals surface area contributed by atoms with Crippen molar-refractivity contribution in [2.24, 2.45) is 0 Å². The number of aryl methyl sites for hydroxylation is 1. The maximum absolute atomic E-state index is 14.3. The highest BCUT2D eigenvalue weighted by atomic mass is 35.5. The molecule has 182 valence electrons. The first-order chi connectivity index (χ1) is 16.7. The molecule has 35 heavy (non-hydrogen) atoms. The Morgan fingerprint density at radius 3 is 2.34 bits per heavy atom. The molecule has 0 bridgehead atoms. The number of hydroxylamine groups is 1. The minimum atomic E-state index is -4.10. The van der Waals surface area contributed by atoms with Gasteiger partial charge in [-0.1, -0.05) is 71.7 Å². The van der Waals surface area contributed by atoms with Crippen molar-refractivity contribution in [3.8, 4) is 0 Å². The second kappa shape index (κ2) is 10.5. The topological polar surface area (TPSA) is 75.7 Å². The third kappa shape index (κ3) is 5.15. The Morgan fingerprint density at radius 2 is 1.69 bits per heavy atom. The highest BCUT2D eigenvalue weighted by Crippen LogP contribution is 2.46. The SMILES string of the molecule is CONC(=O)C1=CC[C@@H](c2ccc(Cl)cc2)N(S(=O)(=O)c2ccccc2C)[C@H]1c1cccc(Cl)c1. The zero-order chi connectivity index (χ0) is 25.2. The number of benzene rings is 3. The number of carbonyl (C=O) groups excluding carboxylic acids is 1. The van der Waals surface area contributed by atoms with E-state index in [1.54, 1.807) is 85.8 Å². The van der Waals surface area contributed by atoms with Crippen LogP contribution in [0.1, 0.15) is 35.2 Å². The molecule has 2 atom stereocenters. The van der Waals surface area contributed by atoms with E-state index in [2.05, 4.69) is 5.48 Å². The van der Waals surface area contributed by atoms with Crippen LogP contribution in [0.15, 0.2) is 89.3 Å². The molecule has 0 aromatic heterocycles. The molecule has 6 nitrogen and oxygen atoms in total. The Hall–Kier alpha value is -2.68. The van der Waals surface area contributed by atoms with Crippen molar-refractivity contribution in [1.29, 1.82) is 0 Å². The lowest BCUT2D eigenvalue weighted by Gasteiger charge is -2.41. The van der Waals surface area contributed by atoms with Crippen LogP contribution in [0.25, 0.3) is 0 Å². The lowest BCUT2D eigenvalue weighted by Crippen LogP contribution is -2.44. The van der Waals surface area contributed by atoms with Crippen LogP contribution in [0.2, 0.25) is 10.0 Å². The summed E-state index contributed by atoms with van der Waals surface area (Å²) in [4.78, 5) is 18.1. The van der Waals surface area contributed by atoms with Crippen LogP contribution in [0.3, 0.4) is 0 Å². The van der Waals surface area contributed by atoms with E-state index >= 15 is 0 Å². The maximum Gasteiger partial charge on any atom is 0.272 e. The van der Waals surface area contributed by atoms with Crippen LogP contribution in [0, 0.1) is 6.92 Å². The van der Waals surface area contributed by atoms with Gasteiger partial charge in [-0.3, -0.25) is 9.63 Å². The van der Waals surface area contributed by atoms with E-state index in [1.165, 1.54) is 11.4 Å². The smallest absolute Gasteiger partial charge is 0.272 e. The average Bonchev–Trinajstić information content (AvgIpc) is 2.84. The van der Waals surface area contributed by atoms with Crippen molar-refractivity contribution >= 4 is 39.1 Å². The van der Waals surface area contributed by atoms with E-state index in [1.807, 2.05) is 0 Å².